The van der Waals surface area contributed by atoms with E-state index in [2.05, 4.69) is 13.0 Å². The summed E-state index contributed by atoms with van der Waals surface area (Å²) in [5.41, 5.74) is 0.597. The molecule has 1 fully saturated rings. The van der Waals surface area contributed by atoms with Crippen molar-refractivity contribution in [2.24, 2.45) is 17.8 Å². The Kier molecular flexibility index (Phi) is 5.66. The number of aliphatic hydroxyl groups excluding tert-OH is 3. The largest absolute Gasteiger partial charge is 0.471 e. The van der Waals surface area contributed by atoms with Gasteiger partial charge in [-0.25, -0.2) is 0 Å². The number of hydrogen-bond acceptors (Lipinski definition) is 7. The van der Waals surface area contributed by atoms with Crippen LogP contribution in [0.15, 0.2) is 24.0 Å². The number of fused-ring (bicyclic) bond motifs is 1. The summed E-state index contributed by atoms with van der Waals surface area (Å²) in [6.07, 6.45) is 5.30. The molecular formula is C16H24O6S. The van der Waals surface area contributed by atoms with Crippen molar-refractivity contribution in [3.8, 4) is 0 Å². The third kappa shape index (κ3) is 3.75. The molecule has 23 heavy (non-hydrogen) atoms. The summed E-state index contributed by atoms with van der Waals surface area (Å²) in [6, 6.07) is 0. The zero-order valence-electron chi connectivity index (χ0n) is 13.1. The molecular weight excluding hydrogens is 320 g/mol. The Hall–Kier alpha value is -0.570. The smallest absolute Gasteiger partial charge is 0.218 e. The molecule has 0 aromatic rings. The second-order valence-corrected chi connectivity index (χ2v) is 7.29. The van der Waals surface area contributed by atoms with Crippen LogP contribution in [-0.4, -0.2) is 52.5 Å². The zero-order chi connectivity index (χ0) is 16.4. The first-order valence-electron chi connectivity index (χ1n) is 8.02. The summed E-state index contributed by atoms with van der Waals surface area (Å²) in [6.45, 7) is 2.00. The predicted molar refractivity (Wildman–Crippen MR) is 85.0 cm³/mol. The molecule has 0 radical (unpaired) electrons. The number of hydrogen-bond donors (Lipinski definition) is 3. The summed E-state index contributed by atoms with van der Waals surface area (Å²) < 4.78 is 17.1. The van der Waals surface area contributed by atoms with Gasteiger partial charge in [-0.3, -0.25) is 4.18 Å². The Morgan fingerprint density at radius 2 is 2.17 bits per heavy atom. The van der Waals surface area contributed by atoms with Crippen LogP contribution in [0.5, 0.6) is 0 Å². The first-order valence-corrected chi connectivity index (χ1v) is 8.83. The molecule has 0 aromatic carbocycles. The van der Waals surface area contributed by atoms with Crippen molar-refractivity contribution in [1.82, 2.24) is 0 Å². The molecule has 7 atom stereocenters. The highest BCUT2D eigenvalue weighted by Gasteiger charge is 2.42. The van der Waals surface area contributed by atoms with Gasteiger partial charge >= 0.3 is 0 Å². The minimum atomic E-state index is -0.499. The minimum Gasteiger partial charge on any atom is -0.471 e. The van der Waals surface area contributed by atoms with E-state index < -0.39 is 12.4 Å². The molecule has 6 nitrogen and oxygen atoms in total. The molecule has 2 aliphatic heterocycles. The first kappa shape index (κ1) is 17.3. The number of allylic oxidation sites excluding steroid dienone is 2. The molecule has 2 heterocycles. The van der Waals surface area contributed by atoms with Crippen molar-refractivity contribution < 1.29 is 29.0 Å². The molecule has 0 spiro atoms. The molecule has 1 aliphatic carbocycles. The van der Waals surface area contributed by atoms with Crippen molar-refractivity contribution in [2.45, 2.75) is 43.7 Å². The number of aliphatic hydroxyl groups is 3. The quantitative estimate of drug-likeness (QED) is 0.510. The normalized spacial score (nSPS) is 43.0. The average Bonchev–Trinajstić information content (AvgIpc) is 2.89. The summed E-state index contributed by atoms with van der Waals surface area (Å²) in [7, 11) is 0. The Labute approximate surface area is 140 Å². The topological polar surface area (TPSA) is 88.4 Å². The van der Waals surface area contributed by atoms with Crippen molar-refractivity contribution in [3.05, 3.63) is 24.0 Å². The molecule has 0 saturated carbocycles. The van der Waals surface area contributed by atoms with Crippen LogP contribution in [0.4, 0.5) is 0 Å². The van der Waals surface area contributed by atoms with Crippen LogP contribution in [-0.2, 0) is 13.7 Å². The maximum absolute atomic E-state index is 9.84. The molecule has 1 unspecified atom stereocenters. The third-order valence-corrected chi connectivity index (χ3v) is 5.54. The minimum absolute atomic E-state index is 0.00153. The predicted octanol–water partition coefficient (Wildman–Crippen LogP) is 1.18. The second-order valence-electron chi connectivity index (χ2n) is 6.38. The highest BCUT2D eigenvalue weighted by Crippen LogP contribution is 2.44. The highest BCUT2D eigenvalue weighted by atomic mass is 32.2. The average molecular weight is 344 g/mol. The molecule has 0 amide bonds. The maximum Gasteiger partial charge on any atom is 0.218 e. The maximum atomic E-state index is 9.84. The van der Waals surface area contributed by atoms with Crippen LogP contribution >= 0.6 is 12.0 Å². The Morgan fingerprint density at radius 1 is 1.35 bits per heavy atom. The summed E-state index contributed by atoms with van der Waals surface area (Å²) >= 11 is 1.13. The van der Waals surface area contributed by atoms with Gasteiger partial charge in [-0.1, -0.05) is 13.0 Å². The monoisotopic (exact) mass is 344 g/mol. The molecule has 3 aliphatic rings. The summed E-state index contributed by atoms with van der Waals surface area (Å²) in [5, 5.41) is 28.6. The lowest BCUT2D eigenvalue weighted by molar-refractivity contribution is -0.0952. The van der Waals surface area contributed by atoms with Crippen LogP contribution in [0, 0.1) is 17.8 Å². The van der Waals surface area contributed by atoms with Gasteiger partial charge in [0.25, 0.3) is 0 Å². The number of rotatable bonds is 5. The third-order valence-electron chi connectivity index (χ3n) is 4.72. The molecule has 3 N–H and O–H groups in total. The van der Waals surface area contributed by atoms with E-state index in [1.807, 2.05) is 6.08 Å². The van der Waals surface area contributed by atoms with Crippen LogP contribution < -0.4 is 0 Å². The summed E-state index contributed by atoms with van der Waals surface area (Å²) in [5.74, 6) is 0.596. The van der Waals surface area contributed by atoms with Gasteiger partial charge < -0.3 is 24.8 Å². The van der Waals surface area contributed by atoms with Crippen molar-refractivity contribution in [1.29, 1.82) is 0 Å². The van der Waals surface area contributed by atoms with E-state index in [-0.39, 0.29) is 36.6 Å². The van der Waals surface area contributed by atoms with Gasteiger partial charge in [0.1, 0.15) is 5.44 Å². The van der Waals surface area contributed by atoms with Crippen LogP contribution in [0.1, 0.15) is 19.8 Å². The van der Waals surface area contributed by atoms with Gasteiger partial charge in [-0.05, 0) is 23.5 Å². The Balaban J connectivity index is 1.59. The Morgan fingerprint density at radius 3 is 2.91 bits per heavy atom. The van der Waals surface area contributed by atoms with Gasteiger partial charge in [-0.2, -0.15) is 0 Å². The molecule has 7 heteroatoms. The molecule has 0 bridgehead atoms. The molecule has 130 valence electrons. The van der Waals surface area contributed by atoms with Crippen LogP contribution in [0.2, 0.25) is 0 Å². The second kappa shape index (κ2) is 7.55. The fourth-order valence-electron chi connectivity index (χ4n) is 3.57. The van der Waals surface area contributed by atoms with E-state index in [0.717, 1.165) is 17.6 Å². The molecule has 3 rings (SSSR count). The molecule has 0 aromatic heterocycles. The SMILES string of the molecule is CC1C=C(CO)[C@H]2[C@H](OS[C@H]3C[C@@H](O)C[C@@H](CO)O3)OC=C[C@@H]12. The summed E-state index contributed by atoms with van der Waals surface area (Å²) in [4.78, 5) is 0. The lowest BCUT2D eigenvalue weighted by Gasteiger charge is -2.35. The highest BCUT2D eigenvalue weighted by molar-refractivity contribution is 7.95. The van der Waals surface area contributed by atoms with Gasteiger partial charge in [0.05, 0.1) is 37.6 Å². The van der Waals surface area contributed by atoms with E-state index in [1.165, 1.54) is 0 Å². The van der Waals surface area contributed by atoms with E-state index in [1.54, 1.807) is 6.26 Å². The fraction of sp³-hybridized carbons (Fsp3) is 0.750. The van der Waals surface area contributed by atoms with E-state index in [0.29, 0.717) is 18.8 Å². The van der Waals surface area contributed by atoms with E-state index in [9.17, 15) is 15.3 Å². The first-order chi connectivity index (χ1) is 11.1. The van der Waals surface area contributed by atoms with Crippen LogP contribution in [0.3, 0.4) is 0 Å². The lowest BCUT2D eigenvalue weighted by atomic mass is 9.85. The van der Waals surface area contributed by atoms with Crippen molar-refractivity contribution >= 4 is 12.0 Å². The van der Waals surface area contributed by atoms with Gasteiger partial charge in [0.15, 0.2) is 0 Å². The van der Waals surface area contributed by atoms with E-state index in [4.69, 9.17) is 13.7 Å². The van der Waals surface area contributed by atoms with Crippen molar-refractivity contribution in [3.63, 3.8) is 0 Å². The van der Waals surface area contributed by atoms with Crippen LogP contribution in [0.25, 0.3) is 0 Å². The van der Waals surface area contributed by atoms with E-state index >= 15 is 0 Å². The number of ether oxygens (including phenoxy) is 2. The standard InChI is InChI=1S/C16H24O6S/c1-9-4-10(7-17)15-13(9)2-3-20-16(15)22-23-14-6-11(19)5-12(8-18)21-14/h2-4,9,11-19H,5-8H2,1H3/t9?,11-,12-,13-,14-,15+,16-/m0/s1. The van der Waals surface area contributed by atoms with Gasteiger partial charge in [0, 0.05) is 24.9 Å². The Bertz CT molecular complexity index is 467. The molecule has 1 saturated heterocycles. The zero-order valence-corrected chi connectivity index (χ0v) is 13.9. The van der Waals surface area contributed by atoms with Gasteiger partial charge in [-0.15, -0.1) is 0 Å². The van der Waals surface area contributed by atoms with Gasteiger partial charge in [0.2, 0.25) is 6.29 Å². The van der Waals surface area contributed by atoms with Crippen molar-refractivity contribution in [2.75, 3.05) is 13.2 Å². The fourth-order valence-corrected chi connectivity index (χ4v) is 4.47. The lowest BCUT2D eigenvalue weighted by Crippen LogP contribution is -2.38.